The first-order valence-corrected chi connectivity index (χ1v) is 7.56. The molecule has 1 heterocycles. The van der Waals surface area contributed by atoms with Crippen LogP contribution >= 0.6 is 22.9 Å². The van der Waals surface area contributed by atoms with E-state index in [2.05, 4.69) is 0 Å². The van der Waals surface area contributed by atoms with Crippen molar-refractivity contribution in [1.29, 1.82) is 0 Å². The molecule has 2 rings (SSSR count). The fourth-order valence-corrected chi connectivity index (χ4v) is 3.92. The van der Waals surface area contributed by atoms with Gasteiger partial charge in [-0.25, -0.2) is 0 Å². The summed E-state index contributed by atoms with van der Waals surface area (Å²) in [5.41, 5.74) is 7.42. The zero-order chi connectivity index (χ0) is 12.4. The maximum atomic E-state index is 12.1. The minimum atomic E-state index is -1.04. The van der Waals surface area contributed by atoms with Gasteiger partial charge in [-0.3, -0.25) is 4.21 Å². The fraction of sp³-hybridized carbons (Fsp3) is 0.167. The van der Waals surface area contributed by atoms with Gasteiger partial charge in [0.15, 0.2) is 0 Å². The molecule has 1 unspecified atom stereocenters. The highest BCUT2D eigenvalue weighted by Gasteiger charge is 2.08. The first-order chi connectivity index (χ1) is 8.06. The van der Waals surface area contributed by atoms with Crippen LogP contribution in [-0.2, 0) is 16.6 Å². The van der Waals surface area contributed by atoms with Crippen LogP contribution in [0.5, 0.6) is 0 Å². The van der Waals surface area contributed by atoms with Gasteiger partial charge in [0.05, 0.1) is 20.9 Å². The smallest absolute Gasteiger partial charge is 0.0931 e. The largest absolute Gasteiger partial charge is 0.399 e. The molecule has 0 radical (unpaired) electrons. The van der Waals surface area contributed by atoms with Crippen LogP contribution in [-0.4, -0.2) is 4.21 Å². The number of nitrogens with two attached hydrogens (primary N) is 1. The van der Waals surface area contributed by atoms with Gasteiger partial charge in [-0.1, -0.05) is 11.6 Å². The van der Waals surface area contributed by atoms with Crippen LogP contribution in [0, 0.1) is 6.92 Å². The third-order valence-electron chi connectivity index (χ3n) is 2.41. The number of hydrogen-bond acceptors (Lipinski definition) is 3. The summed E-state index contributed by atoms with van der Waals surface area (Å²) in [5, 5.41) is 0. The van der Waals surface area contributed by atoms with Crippen molar-refractivity contribution in [3.8, 4) is 0 Å². The number of halogens is 1. The van der Waals surface area contributed by atoms with E-state index >= 15 is 0 Å². The fourth-order valence-electron chi connectivity index (χ4n) is 1.43. The number of hydrogen-bond donors (Lipinski definition) is 1. The van der Waals surface area contributed by atoms with Crippen molar-refractivity contribution >= 4 is 39.4 Å². The molecule has 0 fully saturated rings. The quantitative estimate of drug-likeness (QED) is 0.876. The van der Waals surface area contributed by atoms with E-state index in [1.54, 1.807) is 6.07 Å². The second-order valence-corrected chi connectivity index (χ2v) is 6.96. The highest BCUT2D eigenvalue weighted by atomic mass is 35.5. The van der Waals surface area contributed by atoms with Gasteiger partial charge in [-0.15, -0.1) is 11.3 Å². The molecule has 0 aliphatic heterocycles. The molecule has 0 amide bonds. The van der Waals surface area contributed by atoms with Crippen LogP contribution in [0.1, 0.15) is 10.4 Å². The summed E-state index contributed by atoms with van der Waals surface area (Å²) < 4.78 is 12.8. The van der Waals surface area contributed by atoms with E-state index in [0.29, 0.717) is 5.75 Å². The predicted molar refractivity (Wildman–Crippen MR) is 75.0 cm³/mol. The van der Waals surface area contributed by atoms with E-state index in [9.17, 15) is 4.21 Å². The summed E-state index contributed by atoms with van der Waals surface area (Å²) in [4.78, 5) is 1.84. The number of benzene rings is 1. The van der Waals surface area contributed by atoms with Crippen molar-refractivity contribution in [3.63, 3.8) is 0 Å². The Balaban J connectivity index is 2.17. The highest BCUT2D eigenvalue weighted by molar-refractivity contribution is 7.84. The predicted octanol–water partition coefficient (Wildman–Crippen LogP) is 3.60. The zero-order valence-corrected chi connectivity index (χ0v) is 11.7. The van der Waals surface area contributed by atoms with Crippen molar-refractivity contribution in [3.05, 3.63) is 45.1 Å². The van der Waals surface area contributed by atoms with Gasteiger partial charge in [0.2, 0.25) is 0 Å². The molecule has 90 valence electrons. The lowest BCUT2D eigenvalue weighted by Gasteiger charge is -2.04. The van der Waals surface area contributed by atoms with Gasteiger partial charge in [-0.2, -0.15) is 0 Å². The number of aryl methyl sites for hydroxylation is 1. The molecule has 17 heavy (non-hydrogen) atoms. The molecule has 0 aliphatic rings. The van der Waals surface area contributed by atoms with Crippen molar-refractivity contribution < 1.29 is 4.21 Å². The number of nitrogen functional groups attached to an aromatic ring is 1. The van der Waals surface area contributed by atoms with Gasteiger partial charge in [0, 0.05) is 15.5 Å². The molecule has 0 spiro atoms. The van der Waals surface area contributed by atoms with Gasteiger partial charge < -0.3 is 5.73 Å². The third kappa shape index (κ3) is 3.09. The summed E-state index contributed by atoms with van der Waals surface area (Å²) in [6, 6.07) is 9.22. The molecule has 0 aliphatic carbocycles. The Morgan fingerprint density at radius 3 is 2.71 bits per heavy atom. The average molecular weight is 286 g/mol. The molecule has 2 nitrogen and oxygen atoms in total. The molecule has 0 bridgehead atoms. The molecule has 1 aromatic heterocycles. The number of anilines is 1. The number of rotatable bonds is 3. The Morgan fingerprint density at radius 1 is 1.35 bits per heavy atom. The summed E-state index contributed by atoms with van der Waals surface area (Å²) in [6.07, 6.45) is 0. The van der Waals surface area contributed by atoms with Crippen LogP contribution in [0.3, 0.4) is 0 Å². The Bertz CT molecular complexity index is 565. The monoisotopic (exact) mass is 285 g/mol. The van der Waals surface area contributed by atoms with E-state index in [-0.39, 0.29) is 0 Å². The van der Waals surface area contributed by atoms with E-state index in [1.807, 2.05) is 31.2 Å². The molecule has 1 aromatic carbocycles. The standard InChI is InChI=1S/C12H12ClNOS2/c1-8-6-10(3-4-11(8)14)17(15)7-9-2-5-12(13)16-9/h2-6H,7,14H2,1H3. The van der Waals surface area contributed by atoms with Crippen LogP contribution in [0.15, 0.2) is 35.2 Å². The average Bonchev–Trinajstić information content (AvgIpc) is 2.68. The minimum Gasteiger partial charge on any atom is -0.399 e. The van der Waals surface area contributed by atoms with Crippen LogP contribution in [0.25, 0.3) is 0 Å². The Hall–Kier alpha value is -0.840. The summed E-state index contributed by atoms with van der Waals surface area (Å²) in [7, 11) is -1.04. The van der Waals surface area contributed by atoms with Crippen LogP contribution < -0.4 is 5.73 Å². The van der Waals surface area contributed by atoms with Crippen LogP contribution in [0.2, 0.25) is 4.34 Å². The molecule has 5 heteroatoms. The van der Waals surface area contributed by atoms with Crippen molar-refractivity contribution in [1.82, 2.24) is 0 Å². The molecule has 1 atom stereocenters. The summed E-state index contributed by atoms with van der Waals surface area (Å²) in [6.45, 7) is 1.91. The van der Waals surface area contributed by atoms with Gasteiger partial charge in [-0.05, 0) is 42.8 Å². The van der Waals surface area contributed by atoms with Crippen molar-refractivity contribution in [2.45, 2.75) is 17.6 Å². The minimum absolute atomic E-state index is 0.501. The maximum Gasteiger partial charge on any atom is 0.0931 e. The Labute approximate surface area is 112 Å². The lowest BCUT2D eigenvalue weighted by molar-refractivity contribution is 0.683. The topological polar surface area (TPSA) is 43.1 Å². The van der Waals surface area contributed by atoms with Crippen molar-refractivity contribution in [2.24, 2.45) is 0 Å². The van der Waals surface area contributed by atoms with E-state index in [4.69, 9.17) is 17.3 Å². The lowest BCUT2D eigenvalue weighted by Crippen LogP contribution is -1.97. The lowest BCUT2D eigenvalue weighted by atomic mass is 10.2. The van der Waals surface area contributed by atoms with Gasteiger partial charge in [0.25, 0.3) is 0 Å². The SMILES string of the molecule is Cc1cc(S(=O)Cc2ccc(Cl)s2)ccc1N. The van der Waals surface area contributed by atoms with E-state index in [0.717, 1.165) is 25.4 Å². The number of thiophene rings is 1. The molecular weight excluding hydrogens is 274 g/mol. The van der Waals surface area contributed by atoms with E-state index in [1.165, 1.54) is 11.3 Å². The van der Waals surface area contributed by atoms with E-state index < -0.39 is 10.8 Å². The van der Waals surface area contributed by atoms with Gasteiger partial charge >= 0.3 is 0 Å². The molecule has 2 N–H and O–H groups in total. The Kier molecular flexibility index (Phi) is 3.86. The first-order valence-electron chi connectivity index (χ1n) is 5.05. The second kappa shape index (κ2) is 5.21. The normalized spacial score (nSPS) is 12.6. The second-order valence-electron chi connectivity index (χ2n) is 3.71. The molecule has 0 saturated carbocycles. The third-order valence-corrected chi connectivity index (χ3v) is 5.17. The summed E-state index contributed by atoms with van der Waals surface area (Å²) in [5.74, 6) is 0.501. The Morgan fingerprint density at radius 2 is 2.12 bits per heavy atom. The molecule has 0 saturated heterocycles. The van der Waals surface area contributed by atoms with Crippen molar-refractivity contribution in [2.75, 3.05) is 5.73 Å². The molecule has 2 aromatic rings. The molecular formula is C12H12ClNOS2. The zero-order valence-electron chi connectivity index (χ0n) is 9.27. The van der Waals surface area contributed by atoms with Gasteiger partial charge in [0.1, 0.15) is 0 Å². The summed E-state index contributed by atoms with van der Waals surface area (Å²) >= 11 is 7.30. The first kappa shape index (κ1) is 12.6. The van der Waals surface area contributed by atoms with Crippen LogP contribution in [0.4, 0.5) is 5.69 Å². The highest BCUT2D eigenvalue weighted by Crippen LogP contribution is 2.25. The maximum absolute atomic E-state index is 12.1.